The number of carbonyl (C=O) groups excluding carboxylic acids is 1. The fourth-order valence-electron chi connectivity index (χ4n) is 3.42. The van der Waals surface area contributed by atoms with Gasteiger partial charge in [0.25, 0.3) is 0 Å². The molecule has 1 saturated heterocycles. The Hall–Kier alpha value is -2.28. The van der Waals surface area contributed by atoms with Crippen LogP contribution in [0.15, 0.2) is 31.0 Å². The molecular formula is C17H24N6O. The summed E-state index contributed by atoms with van der Waals surface area (Å²) in [6, 6.07) is 0. The van der Waals surface area contributed by atoms with Gasteiger partial charge in [0.2, 0.25) is 5.91 Å². The normalized spacial score (nSPS) is 17.7. The van der Waals surface area contributed by atoms with Crippen LogP contribution in [0.3, 0.4) is 0 Å². The van der Waals surface area contributed by atoms with Crippen LogP contribution >= 0.6 is 0 Å². The second kappa shape index (κ2) is 7.53. The van der Waals surface area contributed by atoms with Crippen LogP contribution in [0.2, 0.25) is 0 Å². The highest BCUT2D eigenvalue weighted by Crippen LogP contribution is 2.36. The number of amides is 1. The molecule has 0 aliphatic carbocycles. The lowest BCUT2D eigenvalue weighted by molar-refractivity contribution is -0.131. The fourth-order valence-corrected chi connectivity index (χ4v) is 3.42. The van der Waals surface area contributed by atoms with Crippen molar-refractivity contribution in [3.8, 4) is 0 Å². The summed E-state index contributed by atoms with van der Waals surface area (Å²) in [4.78, 5) is 30.2. The maximum atomic E-state index is 12.1. The number of carbonyl (C=O) groups is 1. The van der Waals surface area contributed by atoms with Gasteiger partial charge in [0.05, 0.1) is 17.7 Å². The Labute approximate surface area is 141 Å². The van der Waals surface area contributed by atoms with Crippen molar-refractivity contribution in [2.45, 2.75) is 38.6 Å². The summed E-state index contributed by atoms with van der Waals surface area (Å²) >= 11 is 0. The zero-order chi connectivity index (χ0) is 16.8. The van der Waals surface area contributed by atoms with E-state index in [1.807, 2.05) is 6.20 Å². The number of H-pyrrole nitrogens is 1. The third-order valence-corrected chi connectivity index (χ3v) is 4.97. The highest BCUT2D eigenvalue weighted by molar-refractivity contribution is 5.80. The number of hydrogen-bond acceptors (Lipinski definition) is 5. The molecule has 3 N–H and O–H groups in total. The molecule has 1 fully saturated rings. The van der Waals surface area contributed by atoms with Crippen molar-refractivity contribution in [1.29, 1.82) is 0 Å². The standard InChI is InChI=1S/C17H24N6O/c18-16(24)17(3-1-2-14-12-19-6-7-20-14)4-10-23(11-5-17)13-15-21-8-9-22-15/h6-9,12H,1-5,10-11,13H2,(H2,18,24)(H,21,22). The predicted molar refractivity (Wildman–Crippen MR) is 89.7 cm³/mol. The van der Waals surface area contributed by atoms with E-state index in [1.54, 1.807) is 24.8 Å². The van der Waals surface area contributed by atoms with Crippen LogP contribution in [0.5, 0.6) is 0 Å². The van der Waals surface area contributed by atoms with E-state index in [-0.39, 0.29) is 11.3 Å². The molecule has 2 aromatic rings. The third-order valence-electron chi connectivity index (χ3n) is 4.97. The van der Waals surface area contributed by atoms with E-state index < -0.39 is 0 Å². The van der Waals surface area contributed by atoms with E-state index >= 15 is 0 Å². The van der Waals surface area contributed by atoms with Crippen LogP contribution in [0.25, 0.3) is 0 Å². The molecule has 24 heavy (non-hydrogen) atoms. The number of primary amides is 1. The zero-order valence-corrected chi connectivity index (χ0v) is 13.8. The maximum absolute atomic E-state index is 12.1. The second-order valence-electron chi connectivity index (χ2n) is 6.51. The second-order valence-corrected chi connectivity index (χ2v) is 6.51. The van der Waals surface area contributed by atoms with Crippen LogP contribution < -0.4 is 5.73 Å². The molecule has 1 amide bonds. The molecule has 0 saturated carbocycles. The number of aryl methyl sites for hydroxylation is 1. The first-order valence-electron chi connectivity index (χ1n) is 8.43. The van der Waals surface area contributed by atoms with Crippen molar-refractivity contribution in [1.82, 2.24) is 24.8 Å². The number of rotatable bonds is 7. The fraction of sp³-hybridized carbons (Fsp3) is 0.529. The Kier molecular flexibility index (Phi) is 5.20. The molecule has 3 rings (SSSR count). The molecule has 0 aromatic carbocycles. The number of nitrogens with zero attached hydrogens (tertiary/aromatic N) is 4. The van der Waals surface area contributed by atoms with Crippen molar-refractivity contribution in [2.24, 2.45) is 11.1 Å². The number of aromatic amines is 1. The SMILES string of the molecule is NC(=O)C1(CCCc2cnccn2)CCN(Cc2ncc[nH]2)CC1. The minimum Gasteiger partial charge on any atom is -0.369 e. The van der Waals surface area contributed by atoms with Gasteiger partial charge in [-0.15, -0.1) is 0 Å². The largest absolute Gasteiger partial charge is 0.369 e. The predicted octanol–water partition coefficient (Wildman–Crippen LogP) is 1.29. The van der Waals surface area contributed by atoms with Crippen LogP contribution in [-0.4, -0.2) is 43.8 Å². The molecule has 7 heteroatoms. The lowest BCUT2D eigenvalue weighted by Crippen LogP contribution is -2.47. The Balaban J connectivity index is 1.52. The zero-order valence-electron chi connectivity index (χ0n) is 13.8. The maximum Gasteiger partial charge on any atom is 0.223 e. The smallest absolute Gasteiger partial charge is 0.223 e. The summed E-state index contributed by atoms with van der Waals surface area (Å²) in [6.07, 6.45) is 12.9. The Morgan fingerprint density at radius 2 is 2.08 bits per heavy atom. The van der Waals surface area contributed by atoms with E-state index in [4.69, 9.17) is 5.73 Å². The van der Waals surface area contributed by atoms with Crippen molar-refractivity contribution in [3.63, 3.8) is 0 Å². The number of aromatic nitrogens is 4. The van der Waals surface area contributed by atoms with E-state index in [0.717, 1.165) is 63.3 Å². The van der Waals surface area contributed by atoms with Gasteiger partial charge >= 0.3 is 0 Å². The molecule has 7 nitrogen and oxygen atoms in total. The minimum atomic E-state index is -0.387. The Morgan fingerprint density at radius 3 is 2.71 bits per heavy atom. The number of imidazole rings is 1. The summed E-state index contributed by atoms with van der Waals surface area (Å²) in [5.41, 5.74) is 6.34. The molecule has 3 heterocycles. The first-order chi connectivity index (χ1) is 11.7. The monoisotopic (exact) mass is 328 g/mol. The molecule has 0 bridgehead atoms. The molecule has 2 aromatic heterocycles. The van der Waals surface area contributed by atoms with Crippen LogP contribution in [0.1, 0.15) is 37.2 Å². The average molecular weight is 328 g/mol. The molecule has 0 atom stereocenters. The molecule has 0 radical (unpaired) electrons. The summed E-state index contributed by atoms with van der Waals surface area (Å²) in [5.74, 6) is 0.795. The van der Waals surface area contributed by atoms with E-state index in [9.17, 15) is 4.79 Å². The van der Waals surface area contributed by atoms with Gasteiger partial charge in [-0.25, -0.2) is 4.98 Å². The average Bonchev–Trinajstić information content (AvgIpc) is 3.10. The topological polar surface area (TPSA) is 101 Å². The van der Waals surface area contributed by atoms with Gasteiger partial charge < -0.3 is 10.7 Å². The number of hydrogen-bond donors (Lipinski definition) is 2. The minimum absolute atomic E-state index is 0.167. The van der Waals surface area contributed by atoms with Crippen molar-refractivity contribution < 1.29 is 4.79 Å². The summed E-state index contributed by atoms with van der Waals surface area (Å²) in [7, 11) is 0. The van der Waals surface area contributed by atoms with Gasteiger partial charge in [-0.2, -0.15) is 0 Å². The third kappa shape index (κ3) is 3.97. The van der Waals surface area contributed by atoms with E-state index in [0.29, 0.717) is 0 Å². The lowest BCUT2D eigenvalue weighted by Gasteiger charge is -2.39. The van der Waals surface area contributed by atoms with Gasteiger partial charge in [-0.05, 0) is 45.2 Å². The number of nitrogens with two attached hydrogens (primary N) is 1. The summed E-state index contributed by atoms with van der Waals surface area (Å²) in [5, 5.41) is 0. The van der Waals surface area contributed by atoms with E-state index in [1.165, 1.54) is 0 Å². The van der Waals surface area contributed by atoms with Crippen LogP contribution in [0, 0.1) is 5.41 Å². The quantitative estimate of drug-likeness (QED) is 0.797. The van der Waals surface area contributed by atoms with Crippen molar-refractivity contribution in [2.75, 3.05) is 13.1 Å². The number of likely N-dealkylation sites (tertiary alicyclic amines) is 1. The van der Waals surface area contributed by atoms with Gasteiger partial charge in [-0.1, -0.05) is 0 Å². The molecule has 1 aliphatic heterocycles. The van der Waals surface area contributed by atoms with Crippen molar-refractivity contribution >= 4 is 5.91 Å². The summed E-state index contributed by atoms with van der Waals surface area (Å²) < 4.78 is 0. The molecule has 0 unspecified atom stereocenters. The van der Waals surface area contributed by atoms with Crippen LogP contribution in [0.4, 0.5) is 0 Å². The Bertz CT molecular complexity index is 634. The number of nitrogens with one attached hydrogen (secondary N) is 1. The van der Waals surface area contributed by atoms with Crippen molar-refractivity contribution in [3.05, 3.63) is 42.5 Å². The lowest BCUT2D eigenvalue weighted by atomic mass is 9.74. The van der Waals surface area contributed by atoms with Crippen LogP contribution in [-0.2, 0) is 17.8 Å². The summed E-state index contributed by atoms with van der Waals surface area (Å²) in [6.45, 7) is 2.53. The van der Waals surface area contributed by atoms with Gasteiger partial charge in [0.15, 0.2) is 0 Å². The van der Waals surface area contributed by atoms with Gasteiger partial charge in [0, 0.05) is 31.0 Å². The Morgan fingerprint density at radius 1 is 1.25 bits per heavy atom. The molecule has 0 spiro atoms. The van der Waals surface area contributed by atoms with E-state index in [2.05, 4.69) is 24.8 Å². The number of piperidine rings is 1. The highest BCUT2D eigenvalue weighted by atomic mass is 16.1. The van der Waals surface area contributed by atoms with Gasteiger partial charge in [0.1, 0.15) is 5.82 Å². The van der Waals surface area contributed by atoms with Gasteiger partial charge in [-0.3, -0.25) is 19.7 Å². The first kappa shape index (κ1) is 16.6. The molecule has 1 aliphatic rings. The molecular weight excluding hydrogens is 304 g/mol. The molecule has 128 valence electrons. The highest BCUT2D eigenvalue weighted by Gasteiger charge is 2.39. The first-order valence-corrected chi connectivity index (χ1v) is 8.43.